The van der Waals surface area contributed by atoms with Gasteiger partial charge in [0.05, 0.1) is 14.8 Å². The van der Waals surface area contributed by atoms with E-state index in [1.807, 2.05) is 74.5 Å². The highest BCUT2D eigenvalue weighted by Crippen LogP contribution is 2.38. The van der Waals surface area contributed by atoms with Gasteiger partial charge in [0.25, 0.3) is 0 Å². The van der Waals surface area contributed by atoms with Gasteiger partial charge in [0.2, 0.25) is 5.75 Å². The molecule has 0 aliphatic carbocycles. The minimum atomic E-state index is -3.78. The second-order valence-corrected chi connectivity index (χ2v) is 12.5. The van der Waals surface area contributed by atoms with Crippen LogP contribution < -0.4 is 14.4 Å². The highest BCUT2D eigenvalue weighted by molar-refractivity contribution is 7.91. The first kappa shape index (κ1) is 28.2. The predicted octanol–water partition coefficient (Wildman–Crippen LogP) is 7.66. The first-order valence-electron chi connectivity index (χ1n) is 12.8. The lowest BCUT2D eigenvalue weighted by Crippen LogP contribution is -2.30. The summed E-state index contributed by atoms with van der Waals surface area (Å²) in [5.74, 6) is 0.611. The standard InChI is InChI=1S/C31H27ClN2O6S/c1-31(2)18-17-23-19-22(11-16-29(23)40-31)20-33(24-7-4-3-5-8-24)21-41(37,38)26-14-12-25(13-15-26)39-30-27(32)9-6-10-28(30)34(35)36/h3-19H,20-21H2,1-2H3. The molecule has 0 N–H and O–H groups in total. The highest BCUT2D eigenvalue weighted by atomic mass is 35.5. The van der Waals surface area contributed by atoms with E-state index in [1.165, 1.54) is 42.5 Å². The molecule has 1 aliphatic rings. The number of halogens is 1. The van der Waals surface area contributed by atoms with Crippen molar-refractivity contribution in [3.63, 3.8) is 0 Å². The van der Waals surface area contributed by atoms with E-state index in [9.17, 15) is 18.5 Å². The quantitative estimate of drug-likeness (QED) is 0.146. The van der Waals surface area contributed by atoms with Crippen LogP contribution in [-0.4, -0.2) is 24.8 Å². The van der Waals surface area contributed by atoms with Crippen LogP contribution in [0.1, 0.15) is 25.0 Å². The molecule has 4 aromatic rings. The van der Waals surface area contributed by atoms with E-state index in [1.54, 1.807) is 4.90 Å². The van der Waals surface area contributed by atoms with Gasteiger partial charge in [-0.25, -0.2) is 8.42 Å². The van der Waals surface area contributed by atoms with E-state index in [0.717, 1.165) is 22.6 Å². The number of nitro benzene ring substituents is 1. The van der Waals surface area contributed by atoms with Gasteiger partial charge in [-0.2, -0.15) is 0 Å². The molecule has 4 aromatic carbocycles. The van der Waals surface area contributed by atoms with E-state index in [4.69, 9.17) is 21.1 Å². The van der Waals surface area contributed by atoms with E-state index in [-0.39, 0.29) is 38.6 Å². The fourth-order valence-electron chi connectivity index (χ4n) is 4.45. The van der Waals surface area contributed by atoms with Gasteiger partial charge in [0.1, 0.15) is 23.0 Å². The molecule has 210 valence electrons. The lowest BCUT2D eigenvalue weighted by atomic mass is 10.0. The third-order valence-corrected chi connectivity index (χ3v) is 8.42. The summed E-state index contributed by atoms with van der Waals surface area (Å²) < 4.78 is 38.8. The summed E-state index contributed by atoms with van der Waals surface area (Å²) in [4.78, 5) is 12.7. The number of hydrogen-bond acceptors (Lipinski definition) is 7. The molecule has 0 atom stereocenters. The Morgan fingerprint density at radius 2 is 1.71 bits per heavy atom. The molecular weight excluding hydrogens is 564 g/mol. The Labute approximate surface area is 243 Å². The fraction of sp³-hybridized carbons (Fsp3) is 0.161. The molecule has 0 spiro atoms. The Morgan fingerprint density at radius 3 is 2.41 bits per heavy atom. The molecule has 1 aliphatic heterocycles. The van der Waals surface area contributed by atoms with E-state index in [2.05, 4.69) is 0 Å². The van der Waals surface area contributed by atoms with Crippen molar-refractivity contribution < 1.29 is 22.8 Å². The zero-order chi connectivity index (χ0) is 29.2. The summed E-state index contributed by atoms with van der Waals surface area (Å²) >= 11 is 6.12. The van der Waals surface area contributed by atoms with E-state index >= 15 is 0 Å². The molecule has 0 saturated heterocycles. The number of ether oxygens (including phenoxy) is 2. The Hall–Kier alpha value is -4.34. The zero-order valence-corrected chi connectivity index (χ0v) is 23.9. The Bertz CT molecular complexity index is 1720. The third-order valence-electron chi connectivity index (χ3n) is 6.48. The molecule has 0 saturated carbocycles. The number of fused-ring (bicyclic) bond motifs is 1. The van der Waals surface area contributed by atoms with Crippen molar-refractivity contribution in [2.75, 3.05) is 10.8 Å². The molecule has 0 bridgehead atoms. The maximum atomic E-state index is 13.6. The molecule has 41 heavy (non-hydrogen) atoms. The summed E-state index contributed by atoms with van der Waals surface area (Å²) in [5, 5.41) is 11.4. The van der Waals surface area contributed by atoms with Crippen LogP contribution in [0.4, 0.5) is 11.4 Å². The van der Waals surface area contributed by atoms with Crippen LogP contribution in [0.5, 0.6) is 17.2 Å². The molecule has 0 amide bonds. The predicted molar refractivity (Wildman–Crippen MR) is 159 cm³/mol. The summed E-state index contributed by atoms with van der Waals surface area (Å²) in [6, 6.07) is 25.1. The van der Waals surface area contributed by atoms with Gasteiger partial charge >= 0.3 is 5.69 Å². The first-order chi connectivity index (χ1) is 19.5. The molecule has 0 fully saturated rings. The SMILES string of the molecule is CC1(C)C=Cc2cc(CN(CS(=O)(=O)c3ccc(Oc4c(Cl)cccc4[N+](=O)[O-])cc3)c3ccccc3)ccc2O1. The van der Waals surface area contributed by atoms with Gasteiger partial charge in [-0.1, -0.05) is 48.0 Å². The minimum absolute atomic E-state index is 0.0716. The Balaban J connectivity index is 1.38. The summed E-state index contributed by atoms with van der Waals surface area (Å²) in [6.07, 6.45) is 4.02. The minimum Gasteiger partial charge on any atom is -0.483 e. The number of nitrogens with zero attached hydrogens (tertiary/aromatic N) is 2. The number of sulfone groups is 1. The van der Waals surface area contributed by atoms with Crippen LogP contribution in [0.3, 0.4) is 0 Å². The number of para-hydroxylation sites is 2. The van der Waals surface area contributed by atoms with Gasteiger partial charge in [-0.05, 0) is 80.1 Å². The molecule has 10 heteroatoms. The first-order valence-corrected chi connectivity index (χ1v) is 14.8. The molecule has 5 rings (SSSR count). The van der Waals surface area contributed by atoms with Gasteiger partial charge in [-0.15, -0.1) is 0 Å². The van der Waals surface area contributed by atoms with Crippen molar-refractivity contribution in [1.29, 1.82) is 0 Å². The van der Waals surface area contributed by atoms with E-state index in [0.29, 0.717) is 6.54 Å². The monoisotopic (exact) mass is 590 g/mol. The summed E-state index contributed by atoms with van der Waals surface area (Å²) in [5.41, 5.74) is 1.95. The maximum absolute atomic E-state index is 13.6. The Morgan fingerprint density at radius 1 is 0.976 bits per heavy atom. The largest absolute Gasteiger partial charge is 0.483 e. The van der Waals surface area contributed by atoms with Gasteiger partial charge < -0.3 is 14.4 Å². The van der Waals surface area contributed by atoms with Crippen molar-refractivity contribution in [2.24, 2.45) is 0 Å². The molecular formula is C31H27ClN2O6S. The second-order valence-electron chi connectivity index (χ2n) is 10.1. The van der Waals surface area contributed by atoms with Crippen LogP contribution in [0, 0.1) is 10.1 Å². The third kappa shape index (κ3) is 6.53. The Kier molecular flexibility index (Phi) is 7.75. The van der Waals surface area contributed by atoms with E-state index < -0.39 is 14.8 Å². The lowest BCUT2D eigenvalue weighted by Gasteiger charge is -2.29. The maximum Gasteiger partial charge on any atom is 0.313 e. The van der Waals surface area contributed by atoms with Crippen LogP contribution in [0.2, 0.25) is 5.02 Å². The van der Waals surface area contributed by atoms with Crippen LogP contribution in [-0.2, 0) is 16.4 Å². The lowest BCUT2D eigenvalue weighted by molar-refractivity contribution is -0.385. The second kappa shape index (κ2) is 11.3. The van der Waals surface area contributed by atoms with Gasteiger partial charge in [0.15, 0.2) is 9.84 Å². The van der Waals surface area contributed by atoms with Crippen molar-refractivity contribution >= 4 is 38.9 Å². The molecule has 8 nitrogen and oxygen atoms in total. The molecule has 1 heterocycles. The van der Waals surface area contributed by atoms with Crippen molar-refractivity contribution in [1.82, 2.24) is 0 Å². The summed E-state index contributed by atoms with van der Waals surface area (Å²) in [6.45, 7) is 4.33. The van der Waals surface area contributed by atoms with Crippen LogP contribution in [0.25, 0.3) is 6.08 Å². The number of anilines is 1. The molecule has 0 unspecified atom stereocenters. The van der Waals surface area contributed by atoms with Crippen molar-refractivity contribution in [3.8, 4) is 17.2 Å². The normalized spacial score (nSPS) is 13.6. The van der Waals surface area contributed by atoms with Crippen molar-refractivity contribution in [2.45, 2.75) is 30.9 Å². The van der Waals surface area contributed by atoms with Crippen LogP contribution in [0.15, 0.2) is 102 Å². The molecule has 0 radical (unpaired) electrons. The number of benzene rings is 4. The topological polar surface area (TPSA) is 99.0 Å². The average Bonchev–Trinajstić information content (AvgIpc) is 2.94. The number of nitro groups is 1. The van der Waals surface area contributed by atoms with Crippen LogP contribution >= 0.6 is 11.6 Å². The number of hydrogen-bond donors (Lipinski definition) is 0. The highest BCUT2D eigenvalue weighted by Gasteiger charge is 2.24. The van der Waals surface area contributed by atoms with Gasteiger partial charge in [0, 0.05) is 23.9 Å². The fourth-order valence-corrected chi connectivity index (χ4v) is 6.01. The van der Waals surface area contributed by atoms with Gasteiger partial charge in [-0.3, -0.25) is 10.1 Å². The van der Waals surface area contributed by atoms with Crippen molar-refractivity contribution in [3.05, 3.63) is 123 Å². The average molecular weight is 591 g/mol. The zero-order valence-electron chi connectivity index (χ0n) is 22.4. The molecule has 0 aromatic heterocycles. The number of rotatable bonds is 9. The smallest absolute Gasteiger partial charge is 0.313 e. The summed E-state index contributed by atoms with van der Waals surface area (Å²) in [7, 11) is -3.78.